The van der Waals surface area contributed by atoms with Gasteiger partial charge in [-0.3, -0.25) is 4.79 Å². The zero-order valence-electron chi connectivity index (χ0n) is 18.7. The monoisotopic (exact) mass is 477 g/mol. The number of amides is 1. The summed E-state index contributed by atoms with van der Waals surface area (Å²) >= 11 is 0. The molecular formula is C23H28FN3O5S. The fourth-order valence-electron chi connectivity index (χ4n) is 3.87. The quantitative estimate of drug-likeness (QED) is 0.441. The van der Waals surface area contributed by atoms with Gasteiger partial charge in [-0.25, -0.2) is 18.2 Å². The fraction of sp³-hybridized carbons (Fsp3) is 0.391. The second-order valence-corrected chi connectivity index (χ2v) is 9.56. The second kappa shape index (κ2) is 11.2. The molecule has 178 valence electrons. The highest BCUT2D eigenvalue weighted by atomic mass is 32.2. The summed E-state index contributed by atoms with van der Waals surface area (Å²) in [6.45, 7) is -0.398. The standard InChI is InChI=1S/C23H28FN3O5S/c1-31-21-9-6-10-22(32-2)20(21)15-25-26-23(28)16-27(18-7-4-3-5-8-18)33(29,30)19-13-11-17(24)12-14-19/h6,9-15,18H,3-5,7-8,16H2,1-2H3,(H,26,28)/b25-15-. The van der Waals surface area contributed by atoms with Crippen molar-refractivity contribution in [3.63, 3.8) is 0 Å². The van der Waals surface area contributed by atoms with E-state index in [9.17, 15) is 17.6 Å². The summed E-state index contributed by atoms with van der Waals surface area (Å²) in [5.41, 5.74) is 2.92. The molecule has 33 heavy (non-hydrogen) atoms. The Bertz CT molecular complexity index is 1060. The van der Waals surface area contributed by atoms with Gasteiger partial charge in [0, 0.05) is 6.04 Å². The maximum Gasteiger partial charge on any atom is 0.255 e. The number of carbonyl (C=O) groups excluding carboxylic acids is 1. The third kappa shape index (κ3) is 6.08. The molecule has 2 aromatic rings. The van der Waals surface area contributed by atoms with Crippen LogP contribution in [0.25, 0.3) is 0 Å². The van der Waals surface area contributed by atoms with Gasteiger partial charge in [-0.15, -0.1) is 0 Å². The van der Waals surface area contributed by atoms with Gasteiger partial charge >= 0.3 is 0 Å². The second-order valence-electron chi connectivity index (χ2n) is 7.67. The van der Waals surface area contributed by atoms with E-state index in [4.69, 9.17) is 9.47 Å². The van der Waals surface area contributed by atoms with Gasteiger partial charge in [0.15, 0.2) is 0 Å². The van der Waals surface area contributed by atoms with E-state index in [-0.39, 0.29) is 10.9 Å². The van der Waals surface area contributed by atoms with Crippen molar-refractivity contribution in [1.82, 2.24) is 9.73 Å². The molecule has 0 aromatic heterocycles. The van der Waals surface area contributed by atoms with Gasteiger partial charge in [-0.05, 0) is 49.2 Å². The van der Waals surface area contributed by atoms with Crippen molar-refractivity contribution in [1.29, 1.82) is 0 Å². The molecule has 1 N–H and O–H groups in total. The molecule has 1 fully saturated rings. The van der Waals surface area contributed by atoms with Gasteiger partial charge in [-0.1, -0.05) is 25.3 Å². The number of rotatable bonds is 9. The molecule has 0 radical (unpaired) electrons. The van der Waals surface area contributed by atoms with Crippen molar-refractivity contribution < 1.29 is 27.1 Å². The van der Waals surface area contributed by atoms with Crippen LogP contribution in [0.15, 0.2) is 52.5 Å². The molecule has 8 nitrogen and oxygen atoms in total. The maximum atomic E-state index is 13.3. The van der Waals surface area contributed by atoms with E-state index in [0.717, 1.165) is 31.4 Å². The molecule has 0 bridgehead atoms. The highest BCUT2D eigenvalue weighted by Gasteiger charge is 2.34. The smallest absolute Gasteiger partial charge is 0.255 e. The molecule has 10 heteroatoms. The topological polar surface area (TPSA) is 97.3 Å². The Labute approximate surface area is 193 Å². The lowest BCUT2D eigenvalue weighted by atomic mass is 9.95. The average molecular weight is 478 g/mol. The molecule has 0 aliphatic heterocycles. The van der Waals surface area contributed by atoms with E-state index in [1.165, 1.54) is 36.9 Å². The summed E-state index contributed by atoms with van der Waals surface area (Å²) in [4.78, 5) is 12.6. The molecule has 0 unspecified atom stereocenters. The van der Waals surface area contributed by atoms with Crippen molar-refractivity contribution in [3.05, 3.63) is 53.8 Å². The minimum Gasteiger partial charge on any atom is -0.496 e. The maximum absolute atomic E-state index is 13.3. The summed E-state index contributed by atoms with van der Waals surface area (Å²) in [5, 5.41) is 3.97. The third-order valence-corrected chi connectivity index (χ3v) is 7.46. The Morgan fingerprint density at radius 3 is 2.27 bits per heavy atom. The molecule has 0 saturated heterocycles. The summed E-state index contributed by atoms with van der Waals surface area (Å²) in [6, 6.07) is 9.52. The van der Waals surface area contributed by atoms with Crippen LogP contribution < -0.4 is 14.9 Å². The van der Waals surface area contributed by atoms with Crippen LogP contribution in [0.4, 0.5) is 4.39 Å². The number of hydrogen-bond acceptors (Lipinski definition) is 6. The minimum absolute atomic E-state index is 0.0514. The average Bonchev–Trinajstić information content (AvgIpc) is 2.83. The van der Waals surface area contributed by atoms with Crippen LogP contribution in [0.2, 0.25) is 0 Å². The van der Waals surface area contributed by atoms with Gasteiger partial charge in [0.05, 0.1) is 37.4 Å². The van der Waals surface area contributed by atoms with Gasteiger partial charge in [-0.2, -0.15) is 9.41 Å². The lowest BCUT2D eigenvalue weighted by molar-refractivity contribution is -0.121. The minimum atomic E-state index is -4.00. The van der Waals surface area contributed by atoms with Crippen LogP contribution in [0.5, 0.6) is 11.5 Å². The first kappa shape index (κ1) is 24.7. The molecule has 3 rings (SSSR count). The van der Waals surface area contributed by atoms with Gasteiger partial charge in [0.1, 0.15) is 17.3 Å². The van der Waals surface area contributed by atoms with Crippen LogP contribution in [-0.2, 0) is 14.8 Å². The normalized spacial score (nSPS) is 15.0. The van der Waals surface area contributed by atoms with E-state index in [0.29, 0.717) is 29.9 Å². The number of nitrogens with one attached hydrogen (secondary N) is 1. The molecule has 0 atom stereocenters. The number of sulfonamides is 1. The van der Waals surface area contributed by atoms with Gasteiger partial charge < -0.3 is 9.47 Å². The number of benzene rings is 2. The van der Waals surface area contributed by atoms with Crippen LogP contribution in [0, 0.1) is 5.82 Å². The lowest BCUT2D eigenvalue weighted by Crippen LogP contribution is -2.46. The Kier molecular flexibility index (Phi) is 8.40. The number of methoxy groups -OCH3 is 2. The van der Waals surface area contributed by atoms with Crippen LogP contribution in [-0.4, -0.2) is 51.7 Å². The summed E-state index contributed by atoms with van der Waals surface area (Å²) in [6.07, 6.45) is 5.50. The Hall–Kier alpha value is -2.98. The first-order valence-electron chi connectivity index (χ1n) is 10.7. The van der Waals surface area contributed by atoms with Gasteiger partial charge in [0.25, 0.3) is 5.91 Å². The van der Waals surface area contributed by atoms with Crippen molar-refractivity contribution in [2.45, 2.75) is 43.0 Å². The number of halogens is 1. The fourth-order valence-corrected chi connectivity index (χ4v) is 5.52. The summed E-state index contributed by atoms with van der Waals surface area (Å²) in [5.74, 6) is -0.0986. The molecule has 1 aliphatic rings. The number of nitrogens with zero attached hydrogens (tertiary/aromatic N) is 2. The first-order valence-corrected chi connectivity index (χ1v) is 12.1. The van der Waals surface area contributed by atoms with E-state index in [1.807, 2.05) is 0 Å². The number of hydrazone groups is 1. The molecule has 1 amide bonds. The zero-order valence-corrected chi connectivity index (χ0v) is 19.5. The molecule has 0 spiro atoms. The summed E-state index contributed by atoms with van der Waals surface area (Å²) < 4.78 is 51.7. The van der Waals surface area contributed by atoms with Crippen molar-refractivity contribution in [3.8, 4) is 11.5 Å². The van der Waals surface area contributed by atoms with E-state index in [2.05, 4.69) is 10.5 Å². The Morgan fingerprint density at radius 1 is 1.09 bits per heavy atom. The predicted molar refractivity (Wildman–Crippen MR) is 122 cm³/mol. The Morgan fingerprint density at radius 2 is 1.70 bits per heavy atom. The van der Waals surface area contributed by atoms with E-state index < -0.39 is 28.3 Å². The van der Waals surface area contributed by atoms with Crippen LogP contribution in [0.1, 0.15) is 37.7 Å². The number of ether oxygens (including phenoxy) is 2. The van der Waals surface area contributed by atoms with E-state index >= 15 is 0 Å². The number of hydrogen-bond donors (Lipinski definition) is 1. The zero-order chi connectivity index (χ0) is 23.8. The molecule has 1 saturated carbocycles. The van der Waals surface area contributed by atoms with Gasteiger partial charge in [0.2, 0.25) is 10.0 Å². The first-order chi connectivity index (χ1) is 15.9. The molecular weight excluding hydrogens is 449 g/mol. The van der Waals surface area contributed by atoms with Crippen LogP contribution in [0.3, 0.4) is 0 Å². The molecule has 0 heterocycles. The largest absolute Gasteiger partial charge is 0.496 e. The molecule has 2 aromatic carbocycles. The highest BCUT2D eigenvalue weighted by molar-refractivity contribution is 7.89. The third-order valence-electron chi connectivity index (χ3n) is 5.55. The molecule has 1 aliphatic carbocycles. The summed E-state index contributed by atoms with van der Waals surface area (Å²) in [7, 11) is -0.983. The van der Waals surface area contributed by atoms with Crippen molar-refractivity contribution in [2.75, 3.05) is 20.8 Å². The highest BCUT2D eigenvalue weighted by Crippen LogP contribution is 2.28. The Balaban J connectivity index is 1.78. The van der Waals surface area contributed by atoms with Crippen LogP contribution >= 0.6 is 0 Å². The number of carbonyl (C=O) groups is 1. The van der Waals surface area contributed by atoms with Crippen molar-refractivity contribution in [2.24, 2.45) is 5.10 Å². The van der Waals surface area contributed by atoms with E-state index in [1.54, 1.807) is 18.2 Å². The lowest BCUT2D eigenvalue weighted by Gasteiger charge is -2.32. The van der Waals surface area contributed by atoms with Crippen molar-refractivity contribution >= 4 is 22.1 Å². The SMILES string of the molecule is COc1cccc(OC)c1/C=N\NC(=O)CN(C1CCCCC1)S(=O)(=O)c1ccc(F)cc1. The predicted octanol–water partition coefficient (Wildman–Crippen LogP) is 3.32.